The van der Waals surface area contributed by atoms with Crippen LogP contribution in [0.4, 0.5) is 0 Å². The fourth-order valence-electron chi connectivity index (χ4n) is 2.85. The number of carbonyl (C=O) groups is 1. The minimum atomic E-state index is -0.430. The van der Waals surface area contributed by atoms with Crippen molar-refractivity contribution in [3.8, 4) is 34.3 Å². The van der Waals surface area contributed by atoms with E-state index in [0.717, 1.165) is 11.3 Å². The second kappa shape index (κ2) is 10.1. The Labute approximate surface area is 180 Å². The third-order valence-electron chi connectivity index (χ3n) is 4.39. The highest BCUT2D eigenvalue weighted by Crippen LogP contribution is 2.33. The van der Waals surface area contributed by atoms with Crippen LogP contribution in [0, 0.1) is 0 Å². The summed E-state index contributed by atoms with van der Waals surface area (Å²) in [6.45, 7) is 2.53. The topological polar surface area (TPSA) is 107 Å². The lowest BCUT2D eigenvalue weighted by molar-refractivity contribution is 0.0950. The van der Waals surface area contributed by atoms with Crippen LogP contribution in [0.1, 0.15) is 23.0 Å². The van der Waals surface area contributed by atoms with Gasteiger partial charge >= 0.3 is 0 Å². The molecule has 0 atom stereocenters. The van der Waals surface area contributed by atoms with Crippen LogP contribution in [-0.2, 0) is 0 Å². The number of ether oxygens (including phenoxy) is 4. The smallest absolute Gasteiger partial charge is 0.289 e. The predicted octanol–water partition coefficient (Wildman–Crippen LogP) is 3.27. The number of methoxy groups -OCH3 is 3. The lowest BCUT2D eigenvalue weighted by atomic mass is 10.1. The number of rotatable bonds is 9. The van der Waals surface area contributed by atoms with E-state index in [4.69, 9.17) is 18.9 Å². The Morgan fingerprint density at radius 3 is 2.35 bits per heavy atom. The number of hydrazone groups is 1. The molecule has 1 heterocycles. The first-order chi connectivity index (χ1) is 15.1. The quantitative estimate of drug-likeness (QED) is 0.403. The lowest BCUT2D eigenvalue weighted by Gasteiger charge is -2.11. The standard InChI is InChI=1S/C22H24N4O5/c1-5-31-16-8-6-14(7-9-16)17-11-18(25-24-17)22(27)26-23-13-15-10-20(29-3)21(30-4)12-19(15)28-2/h6-13H,5H2,1-4H3,(H,24,25)(H,26,27). The first-order valence-corrected chi connectivity index (χ1v) is 9.51. The van der Waals surface area contributed by atoms with Crippen LogP contribution in [0.5, 0.6) is 23.0 Å². The van der Waals surface area contributed by atoms with Gasteiger partial charge in [0.05, 0.1) is 39.8 Å². The molecule has 0 aliphatic rings. The van der Waals surface area contributed by atoms with E-state index in [-0.39, 0.29) is 5.69 Å². The summed E-state index contributed by atoms with van der Waals surface area (Å²) in [5.74, 6) is 1.92. The van der Waals surface area contributed by atoms with Crippen LogP contribution >= 0.6 is 0 Å². The second-order valence-electron chi connectivity index (χ2n) is 6.27. The number of H-pyrrole nitrogens is 1. The fourth-order valence-corrected chi connectivity index (χ4v) is 2.85. The molecule has 1 amide bonds. The van der Waals surface area contributed by atoms with Crippen molar-refractivity contribution in [2.24, 2.45) is 5.10 Å². The Morgan fingerprint density at radius 1 is 1.03 bits per heavy atom. The molecule has 9 heteroatoms. The van der Waals surface area contributed by atoms with Crippen LogP contribution in [0.25, 0.3) is 11.3 Å². The van der Waals surface area contributed by atoms with Gasteiger partial charge < -0.3 is 18.9 Å². The molecule has 1 aromatic heterocycles. The number of hydrogen-bond donors (Lipinski definition) is 2. The maximum atomic E-state index is 12.4. The molecule has 0 fully saturated rings. The van der Waals surface area contributed by atoms with Crippen LogP contribution < -0.4 is 24.4 Å². The van der Waals surface area contributed by atoms with Gasteiger partial charge in [-0.3, -0.25) is 9.89 Å². The van der Waals surface area contributed by atoms with E-state index in [0.29, 0.717) is 35.1 Å². The van der Waals surface area contributed by atoms with Crippen molar-refractivity contribution in [3.63, 3.8) is 0 Å². The highest BCUT2D eigenvalue weighted by atomic mass is 16.5. The van der Waals surface area contributed by atoms with Crippen LogP contribution in [-0.4, -0.2) is 50.3 Å². The SMILES string of the molecule is CCOc1ccc(-c2cc(C(=O)NN=Cc3cc(OC)c(OC)cc3OC)[nH]n2)cc1. The molecule has 0 aliphatic carbocycles. The van der Waals surface area contributed by atoms with E-state index in [1.165, 1.54) is 27.5 Å². The molecule has 0 saturated carbocycles. The summed E-state index contributed by atoms with van der Waals surface area (Å²) < 4.78 is 21.3. The summed E-state index contributed by atoms with van der Waals surface area (Å²) in [6, 6.07) is 12.5. The van der Waals surface area contributed by atoms with Gasteiger partial charge in [0, 0.05) is 17.2 Å². The average molecular weight is 424 g/mol. The third kappa shape index (κ3) is 5.13. The predicted molar refractivity (Wildman–Crippen MR) is 116 cm³/mol. The molecule has 31 heavy (non-hydrogen) atoms. The van der Waals surface area contributed by atoms with Gasteiger partial charge in [0.15, 0.2) is 11.5 Å². The van der Waals surface area contributed by atoms with E-state index < -0.39 is 5.91 Å². The minimum Gasteiger partial charge on any atom is -0.496 e. The zero-order valence-corrected chi connectivity index (χ0v) is 17.8. The fraction of sp³-hybridized carbons (Fsp3) is 0.227. The monoisotopic (exact) mass is 424 g/mol. The number of carbonyl (C=O) groups excluding carboxylic acids is 1. The van der Waals surface area contributed by atoms with Crippen LogP contribution in [0.15, 0.2) is 47.6 Å². The van der Waals surface area contributed by atoms with Crippen molar-refractivity contribution in [1.29, 1.82) is 0 Å². The maximum Gasteiger partial charge on any atom is 0.289 e. The molecule has 0 unspecified atom stereocenters. The second-order valence-corrected chi connectivity index (χ2v) is 6.27. The molecule has 0 bridgehead atoms. The van der Waals surface area contributed by atoms with Gasteiger partial charge in [-0.15, -0.1) is 0 Å². The Morgan fingerprint density at radius 2 is 1.71 bits per heavy atom. The summed E-state index contributed by atoms with van der Waals surface area (Å²) in [5.41, 5.74) is 4.85. The molecule has 3 rings (SSSR count). The molecule has 0 aliphatic heterocycles. The molecule has 0 spiro atoms. The summed E-state index contributed by atoms with van der Waals surface area (Å²) >= 11 is 0. The number of nitrogens with zero attached hydrogens (tertiary/aromatic N) is 2. The van der Waals surface area contributed by atoms with Gasteiger partial charge in [-0.1, -0.05) is 0 Å². The molecule has 0 radical (unpaired) electrons. The van der Waals surface area contributed by atoms with Gasteiger partial charge in [0.25, 0.3) is 5.91 Å². The normalized spacial score (nSPS) is 10.7. The zero-order valence-electron chi connectivity index (χ0n) is 17.8. The Bertz CT molecular complexity index is 1060. The molecule has 0 saturated heterocycles. The average Bonchev–Trinajstić information content (AvgIpc) is 3.29. The van der Waals surface area contributed by atoms with Gasteiger partial charge in [-0.2, -0.15) is 10.2 Å². The van der Waals surface area contributed by atoms with E-state index >= 15 is 0 Å². The van der Waals surface area contributed by atoms with E-state index in [9.17, 15) is 4.79 Å². The van der Waals surface area contributed by atoms with Crippen molar-refractivity contribution in [3.05, 3.63) is 53.7 Å². The molecule has 3 aromatic rings. The van der Waals surface area contributed by atoms with Crippen molar-refractivity contribution < 1.29 is 23.7 Å². The summed E-state index contributed by atoms with van der Waals surface area (Å²) in [7, 11) is 4.61. The number of aromatic amines is 1. The van der Waals surface area contributed by atoms with Crippen molar-refractivity contribution in [2.75, 3.05) is 27.9 Å². The molecule has 2 aromatic carbocycles. The summed E-state index contributed by atoms with van der Waals surface area (Å²) in [5, 5.41) is 10.9. The number of benzene rings is 2. The highest BCUT2D eigenvalue weighted by molar-refractivity contribution is 5.94. The molecule has 9 nitrogen and oxygen atoms in total. The Balaban J connectivity index is 1.69. The zero-order chi connectivity index (χ0) is 22.2. The van der Waals surface area contributed by atoms with Crippen LogP contribution in [0.2, 0.25) is 0 Å². The van der Waals surface area contributed by atoms with E-state index in [2.05, 4.69) is 20.7 Å². The van der Waals surface area contributed by atoms with Gasteiger partial charge in [0.2, 0.25) is 0 Å². The third-order valence-corrected chi connectivity index (χ3v) is 4.39. The maximum absolute atomic E-state index is 12.4. The summed E-state index contributed by atoms with van der Waals surface area (Å²) in [4.78, 5) is 12.4. The first kappa shape index (κ1) is 21.7. The Hall–Kier alpha value is -4.01. The summed E-state index contributed by atoms with van der Waals surface area (Å²) in [6.07, 6.45) is 1.46. The van der Waals surface area contributed by atoms with Gasteiger partial charge in [-0.05, 0) is 43.3 Å². The van der Waals surface area contributed by atoms with E-state index in [1.54, 1.807) is 18.2 Å². The van der Waals surface area contributed by atoms with Crippen molar-refractivity contribution in [1.82, 2.24) is 15.6 Å². The lowest BCUT2D eigenvalue weighted by Crippen LogP contribution is -2.18. The minimum absolute atomic E-state index is 0.278. The first-order valence-electron chi connectivity index (χ1n) is 9.51. The Kier molecular flexibility index (Phi) is 7.10. The van der Waals surface area contributed by atoms with Crippen LogP contribution in [0.3, 0.4) is 0 Å². The number of hydrogen-bond acceptors (Lipinski definition) is 7. The van der Waals surface area contributed by atoms with Gasteiger partial charge in [-0.25, -0.2) is 5.43 Å². The molecule has 162 valence electrons. The van der Waals surface area contributed by atoms with Crippen molar-refractivity contribution in [2.45, 2.75) is 6.92 Å². The molecular formula is C22H24N4O5. The molecule has 2 N–H and O–H groups in total. The van der Waals surface area contributed by atoms with Gasteiger partial charge in [0.1, 0.15) is 17.2 Å². The number of amides is 1. The largest absolute Gasteiger partial charge is 0.496 e. The number of nitrogens with one attached hydrogen (secondary N) is 2. The molecular weight excluding hydrogens is 400 g/mol. The number of aromatic nitrogens is 2. The highest BCUT2D eigenvalue weighted by Gasteiger charge is 2.12. The van der Waals surface area contributed by atoms with Crippen molar-refractivity contribution >= 4 is 12.1 Å². The van der Waals surface area contributed by atoms with E-state index in [1.807, 2.05) is 31.2 Å².